The molecule has 0 saturated heterocycles. The van der Waals surface area contributed by atoms with Crippen LogP contribution in [0.15, 0.2) is 133 Å². The average molecular weight is 732 g/mol. The normalized spacial score (nSPS) is 20.9. The maximum absolute atomic E-state index is 2.74. The molecule has 3 heterocycles. The molecule has 6 aromatic rings. The number of nitrogens with zero attached hydrogens (tertiary/aromatic N) is 3. The van der Waals surface area contributed by atoms with E-state index in [0.717, 1.165) is 0 Å². The Hall–Kier alpha value is -5.22. The number of anilines is 8. The van der Waals surface area contributed by atoms with Gasteiger partial charge in [0.15, 0.2) is 0 Å². The highest BCUT2D eigenvalue weighted by Gasteiger charge is 2.57. The van der Waals surface area contributed by atoms with Crippen molar-refractivity contribution in [3.8, 4) is 0 Å². The Morgan fingerprint density at radius 2 is 1.04 bits per heavy atom. The van der Waals surface area contributed by atoms with Crippen molar-refractivity contribution in [3.63, 3.8) is 0 Å². The largest absolute Gasteiger partial charge is 0.334 e. The fraction of sp³-hybridized carbons (Fsp3) is 0.308. The second kappa shape index (κ2) is 12.1. The number of hydrogen-bond donors (Lipinski definition) is 0. The van der Waals surface area contributed by atoms with Gasteiger partial charge < -0.3 is 14.7 Å². The highest BCUT2D eigenvalue weighted by Crippen LogP contribution is 2.61. The van der Waals surface area contributed by atoms with Gasteiger partial charge in [0.25, 0.3) is 6.71 Å². The summed E-state index contributed by atoms with van der Waals surface area (Å²) < 4.78 is 0. The second-order valence-corrected chi connectivity index (χ2v) is 19.4. The highest BCUT2D eigenvalue weighted by molar-refractivity contribution is 7.00. The van der Waals surface area contributed by atoms with E-state index in [-0.39, 0.29) is 28.5 Å². The molecule has 2 unspecified atom stereocenters. The Morgan fingerprint density at radius 1 is 0.482 bits per heavy atom. The van der Waals surface area contributed by atoms with Crippen molar-refractivity contribution in [2.75, 3.05) is 14.7 Å². The quantitative estimate of drug-likeness (QED) is 0.168. The third kappa shape index (κ3) is 4.97. The van der Waals surface area contributed by atoms with E-state index in [1.54, 1.807) is 0 Å². The first kappa shape index (κ1) is 35.2. The molecule has 0 aromatic heterocycles. The van der Waals surface area contributed by atoms with Gasteiger partial charge in [-0.25, -0.2) is 0 Å². The van der Waals surface area contributed by atoms with E-state index in [0.29, 0.717) is 0 Å². The van der Waals surface area contributed by atoms with Gasteiger partial charge in [0.1, 0.15) is 0 Å². The lowest BCUT2D eigenvalue weighted by atomic mass is 9.33. The predicted octanol–water partition coefficient (Wildman–Crippen LogP) is 12.1. The average Bonchev–Trinajstić information content (AvgIpc) is 3.40. The first-order valence-electron chi connectivity index (χ1n) is 20.9. The fourth-order valence-electron chi connectivity index (χ4n) is 10.8. The van der Waals surface area contributed by atoms with Gasteiger partial charge >= 0.3 is 0 Å². The lowest BCUT2D eigenvalue weighted by molar-refractivity contribution is 0.195. The van der Waals surface area contributed by atoms with E-state index in [9.17, 15) is 0 Å². The minimum Gasteiger partial charge on any atom is -0.334 e. The number of para-hydroxylation sites is 3. The Kier molecular flexibility index (Phi) is 7.64. The van der Waals surface area contributed by atoms with E-state index in [1.165, 1.54) is 104 Å². The molecular formula is C52H54BN3. The summed E-state index contributed by atoms with van der Waals surface area (Å²) in [5, 5.41) is 0. The van der Waals surface area contributed by atoms with E-state index in [1.807, 2.05) is 0 Å². The van der Waals surface area contributed by atoms with Crippen LogP contribution in [0.3, 0.4) is 0 Å². The molecule has 0 N–H and O–H groups in total. The van der Waals surface area contributed by atoms with Crippen LogP contribution in [-0.2, 0) is 16.2 Å². The van der Waals surface area contributed by atoms with Gasteiger partial charge in [-0.2, -0.15) is 0 Å². The van der Waals surface area contributed by atoms with Gasteiger partial charge in [-0.05, 0) is 124 Å². The summed E-state index contributed by atoms with van der Waals surface area (Å²) in [5.74, 6) is 0. The van der Waals surface area contributed by atoms with Crippen LogP contribution in [0.1, 0.15) is 97.8 Å². The van der Waals surface area contributed by atoms with Crippen molar-refractivity contribution in [2.45, 2.75) is 103 Å². The molecule has 4 heteroatoms. The van der Waals surface area contributed by atoms with E-state index < -0.39 is 0 Å². The zero-order valence-electron chi connectivity index (χ0n) is 34.4. The van der Waals surface area contributed by atoms with Crippen LogP contribution in [0.2, 0.25) is 0 Å². The minimum atomic E-state index is -0.0659. The van der Waals surface area contributed by atoms with Crippen LogP contribution >= 0.6 is 0 Å². The maximum Gasteiger partial charge on any atom is 0.252 e. The summed E-state index contributed by atoms with van der Waals surface area (Å²) >= 11 is 0. The van der Waals surface area contributed by atoms with Crippen LogP contribution < -0.4 is 31.1 Å². The lowest BCUT2D eigenvalue weighted by Gasteiger charge is -2.50. The lowest BCUT2D eigenvalue weighted by Crippen LogP contribution is -2.61. The van der Waals surface area contributed by atoms with Crippen molar-refractivity contribution >= 4 is 68.6 Å². The molecule has 2 atom stereocenters. The van der Waals surface area contributed by atoms with Crippen LogP contribution in [0.25, 0.3) is 0 Å². The first-order chi connectivity index (χ1) is 26.8. The minimum absolute atomic E-state index is 0.0187. The van der Waals surface area contributed by atoms with Gasteiger partial charge in [0.05, 0.1) is 5.54 Å². The molecule has 280 valence electrons. The SMILES string of the molecule is CC(C)(C)c1ccc(N2c3cc(N4c5ccccc5C5(C)CCCCC45C)ccc3B3c4ccccc4N(c4ccccc4)c4cc(C(C)(C)C)cc2c43)cc1. The summed E-state index contributed by atoms with van der Waals surface area (Å²) in [7, 11) is 0. The van der Waals surface area contributed by atoms with Gasteiger partial charge in [-0.1, -0.05) is 134 Å². The Bertz CT molecular complexity index is 2510. The van der Waals surface area contributed by atoms with Crippen LogP contribution in [0.4, 0.5) is 45.5 Å². The molecule has 1 aliphatic carbocycles. The zero-order chi connectivity index (χ0) is 38.8. The molecule has 3 aliphatic heterocycles. The van der Waals surface area contributed by atoms with Gasteiger partial charge in [-0.15, -0.1) is 0 Å². The van der Waals surface area contributed by atoms with Crippen LogP contribution in [0.5, 0.6) is 0 Å². The second-order valence-electron chi connectivity index (χ2n) is 19.4. The molecule has 6 aromatic carbocycles. The number of rotatable bonds is 3. The molecular weight excluding hydrogens is 677 g/mol. The van der Waals surface area contributed by atoms with Crippen LogP contribution in [-0.4, -0.2) is 12.3 Å². The smallest absolute Gasteiger partial charge is 0.252 e. The summed E-state index contributed by atoms with van der Waals surface area (Å²) in [4.78, 5) is 7.87. The van der Waals surface area contributed by atoms with Crippen molar-refractivity contribution < 1.29 is 0 Å². The number of fused-ring (bicyclic) bond motifs is 7. The van der Waals surface area contributed by atoms with Crippen LogP contribution in [0, 0.1) is 0 Å². The van der Waals surface area contributed by atoms with Crippen molar-refractivity contribution in [1.29, 1.82) is 0 Å². The number of benzene rings is 6. The van der Waals surface area contributed by atoms with E-state index in [2.05, 4.69) is 204 Å². The number of hydrogen-bond acceptors (Lipinski definition) is 3. The van der Waals surface area contributed by atoms with E-state index in [4.69, 9.17) is 0 Å². The van der Waals surface area contributed by atoms with Crippen molar-refractivity contribution in [1.82, 2.24) is 0 Å². The third-order valence-electron chi connectivity index (χ3n) is 14.1. The summed E-state index contributed by atoms with van der Waals surface area (Å²) in [5.41, 5.74) is 18.4. The molecule has 56 heavy (non-hydrogen) atoms. The van der Waals surface area contributed by atoms with Crippen molar-refractivity contribution in [2.24, 2.45) is 0 Å². The first-order valence-corrected chi connectivity index (χ1v) is 20.9. The maximum atomic E-state index is 2.74. The molecule has 3 nitrogen and oxygen atoms in total. The third-order valence-corrected chi connectivity index (χ3v) is 14.1. The standard InChI is InChI=1S/C52H54BN3/c1-49(2,3)35-24-26-38(27-25-35)55-45-34-39(56-43-22-14-12-20-40(43)51(7)30-16-17-31-52(51,56)8)28-29-42(45)53-41-21-13-15-23-44(41)54(37-18-10-9-11-19-37)46-32-36(50(4,5)6)33-47(55)48(46)53/h9-15,18-29,32-34H,16-17,30-31H2,1-8H3. The predicted molar refractivity (Wildman–Crippen MR) is 241 cm³/mol. The Balaban J connectivity index is 1.27. The molecule has 0 spiro atoms. The summed E-state index contributed by atoms with van der Waals surface area (Å²) in [6.45, 7) is 19.1. The van der Waals surface area contributed by atoms with Gasteiger partial charge in [0, 0.05) is 50.9 Å². The Morgan fingerprint density at radius 3 is 1.73 bits per heavy atom. The Labute approximate surface area is 335 Å². The van der Waals surface area contributed by atoms with Gasteiger partial charge in [0.2, 0.25) is 0 Å². The highest BCUT2D eigenvalue weighted by atomic mass is 15.3. The zero-order valence-corrected chi connectivity index (χ0v) is 34.4. The summed E-state index contributed by atoms with van der Waals surface area (Å²) in [6, 6.07) is 51.3. The fourth-order valence-corrected chi connectivity index (χ4v) is 10.8. The molecule has 1 fully saturated rings. The molecule has 1 saturated carbocycles. The molecule has 0 bridgehead atoms. The molecule has 4 aliphatic rings. The van der Waals surface area contributed by atoms with E-state index >= 15 is 0 Å². The monoisotopic (exact) mass is 731 g/mol. The molecule has 10 rings (SSSR count). The van der Waals surface area contributed by atoms with Crippen molar-refractivity contribution in [3.05, 3.63) is 150 Å². The van der Waals surface area contributed by atoms with Gasteiger partial charge in [-0.3, -0.25) is 0 Å². The topological polar surface area (TPSA) is 9.72 Å². The molecule has 0 amide bonds. The molecule has 0 radical (unpaired) electrons. The summed E-state index contributed by atoms with van der Waals surface area (Å²) in [6.07, 6.45) is 4.94.